The number of rotatable bonds is 15. The zero-order valence-corrected chi connectivity index (χ0v) is 29.6. The lowest BCUT2D eigenvalue weighted by molar-refractivity contribution is -0.900. The Balaban J connectivity index is 1.42. The van der Waals surface area contributed by atoms with E-state index < -0.39 is 41.6 Å². The number of morpholine rings is 1. The molecule has 1 aliphatic heterocycles. The molecule has 1 aromatic carbocycles. The number of carbonyl (C=O) groups excluding carboxylic acids is 3. The van der Waals surface area contributed by atoms with Crippen LogP contribution in [0.2, 0.25) is 0 Å². The zero-order chi connectivity index (χ0) is 34.7. The van der Waals surface area contributed by atoms with Gasteiger partial charge in [-0.1, -0.05) is 57.1 Å². The minimum absolute atomic E-state index is 0.192. The quantitative estimate of drug-likeness (QED) is 0.165. The Morgan fingerprint density at radius 1 is 0.917 bits per heavy atom. The topological polar surface area (TPSA) is 151 Å². The van der Waals surface area contributed by atoms with Gasteiger partial charge in [0.15, 0.2) is 6.54 Å². The Labute approximate surface area is 286 Å². The second-order valence-corrected chi connectivity index (χ2v) is 15.1. The van der Waals surface area contributed by atoms with Gasteiger partial charge >= 0.3 is 0 Å². The van der Waals surface area contributed by atoms with Gasteiger partial charge in [-0.3, -0.25) is 14.4 Å². The highest BCUT2D eigenvalue weighted by atomic mass is 16.5. The van der Waals surface area contributed by atoms with Crippen molar-refractivity contribution in [1.29, 1.82) is 0 Å². The molecule has 3 amide bonds. The van der Waals surface area contributed by atoms with Gasteiger partial charge in [0, 0.05) is 6.42 Å². The van der Waals surface area contributed by atoms with Crippen molar-refractivity contribution in [3.8, 4) is 5.75 Å². The maximum Gasteiger partial charge on any atom is 0.275 e. The Bertz CT molecular complexity index is 1150. The van der Waals surface area contributed by atoms with Crippen LogP contribution in [0.4, 0.5) is 0 Å². The molecule has 3 fully saturated rings. The second kappa shape index (κ2) is 18.3. The van der Waals surface area contributed by atoms with Crippen LogP contribution < -0.4 is 25.6 Å². The molecule has 3 aliphatic rings. The number of amides is 3. The maximum atomic E-state index is 14.0. The second-order valence-electron chi connectivity index (χ2n) is 15.1. The van der Waals surface area contributed by atoms with Gasteiger partial charge in [0.25, 0.3) is 5.91 Å². The van der Waals surface area contributed by atoms with Crippen molar-refractivity contribution in [2.24, 2.45) is 17.8 Å². The molecule has 1 saturated heterocycles. The summed E-state index contributed by atoms with van der Waals surface area (Å²) in [7, 11) is 1.58. The molecule has 0 radical (unpaired) electrons. The van der Waals surface area contributed by atoms with Crippen LogP contribution in [-0.2, 0) is 25.5 Å². The summed E-state index contributed by atoms with van der Waals surface area (Å²) in [5, 5.41) is 30.8. The number of hydrogen-bond acceptors (Lipinski definition) is 7. The van der Waals surface area contributed by atoms with Crippen LogP contribution in [-0.4, -0.2) is 97.7 Å². The monoisotopic (exact) mass is 673 g/mol. The van der Waals surface area contributed by atoms with Gasteiger partial charge in [0.2, 0.25) is 11.8 Å². The first-order valence-corrected chi connectivity index (χ1v) is 18.3. The lowest BCUT2D eigenvalue weighted by atomic mass is 9.69. The molecule has 0 aromatic heterocycles. The summed E-state index contributed by atoms with van der Waals surface area (Å²) < 4.78 is 10.7. The van der Waals surface area contributed by atoms with Gasteiger partial charge in [-0.05, 0) is 75.5 Å². The van der Waals surface area contributed by atoms with Crippen molar-refractivity contribution in [1.82, 2.24) is 16.0 Å². The molecule has 48 heavy (non-hydrogen) atoms. The number of aliphatic hydroxyl groups excluding tert-OH is 1. The van der Waals surface area contributed by atoms with Crippen LogP contribution in [0.3, 0.4) is 0 Å². The summed E-state index contributed by atoms with van der Waals surface area (Å²) in [6.07, 6.45) is 10.7. The molecule has 11 nitrogen and oxygen atoms in total. The standard InChI is InChI=1S/C37H60N4O7/c1-25(38-33(42)24-41-18-20-48-21-19-41)35(44)40-32(23-27-12-16-30(47-4)17-13-27)36(45)39-31(34(43)37(2,3)46)22-26-10-14-29(15-11-26)28-8-6-5-7-9-28/h12-13,16-17,25-26,28-29,31-32,34,43,46H,5-11,14-15,18-24H2,1-4H3,(H,38,42)(H,39,45)(H,40,44)/p+1/t25-,26?,29?,31-,32-,34+/m0/s1. The van der Waals surface area contributed by atoms with Gasteiger partial charge < -0.3 is 40.5 Å². The van der Waals surface area contributed by atoms with Gasteiger partial charge in [0.05, 0.1) is 32.0 Å². The van der Waals surface area contributed by atoms with E-state index >= 15 is 0 Å². The van der Waals surface area contributed by atoms with E-state index in [1.165, 1.54) is 44.9 Å². The highest BCUT2D eigenvalue weighted by Gasteiger charge is 2.38. The van der Waals surface area contributed by atoms with Crippen molar-refractivity contribution in [3.05, 3.63) is 29.8 Å². The summed E-state index contributed by atoms with van der Waals surface area (Å²) in [6.45, 7) is 7.63. The van der Waals surface area contributed by atoms with Crippen LogP contribution in [0, 0.1) is 17.8 Å². The van der Waals surface area contributed by atoms with E-state index in [2.05, 4.69) is 16.0 Å². The van der Waals surface area contributed by atoms with Crippen LogP contribution >= 0.6 is 0 Å². The third-order valence-corrected chi connectivity index (χ3v) is 10.8. The predicted molar refractivity (Wildman–Crippen MR) is 183 cm³/mol. The molecule has 1 heterocycles. The Morgan fingerprint density at radius 2 is 1.54 bits per heavy atom. The van der Waals surface area contributed by atoms with Crippen molar-refractivity contribution in [3.63, 3.8) is 0 Å². The lowest BCUT2D eigenvalue weighted by Crippen LogP contribution is -3.15. The van der Waals surface area contributed by atoms with Crippen molar-refractivity contribution in [2.75, 3.05) is 40.0 Å². The molecule has 1 aromatic rings. The van der Waals surface area contributed by atoms with Crippen LogP contribution in [0.1, 0.15) is 90.5 Å². The number of quaternary nitrogens is 1. The smallest absolute Gasteiger partial charge is 0.275 e. The van der Waals surface area contributed by atoms with Gasteiger partial charge in [0.1, 0.15) is 37.0 Å². The molecule has 0 unspecified atom stereocenters. The summed E-state index contributed by atoms with van der Waals surface area (Å²) >= 11 is 0. The van der Waals surface area contributed by atoms with Crippen LogP contribution in [0.25, 0.3) is 0 Å². The number of benzene rings is 1. The molecule has 4 atom stereocenters. The third kappa shape index (κ3) is 11.7. The van der Waals surface area contributed by atoms with E-state index in [1.807, 2.05) is 12.1 Å². The van der Waals surface area contributed by atoms with Gasteiger partial charge in [-0.15, -0.1) is 0 Å². The number of nitrogens with one attached hydrogen (secondary N) is 4. The molecule has 0 bridgehead atoms. The fraction of sp³-hybridized carbons (Fsp3) is 0.757. The van der Waals surface area contributed by atoms with Crippen LogP contribution in [0.15, 0.2) is 24.3 Å². The summed E-state index contributed by atoms with van der Waals surface area (Å²) in [6, 6.07) is 4.75. The van der Waals surface area contributed by atoms with Crippen molar-refractivity contribution >= 4 is 17.7 Å². The van der Waals surface area contributed by atoms with E-state index in [9.17, 15) is 24.6 Å². The SMILES string of the molecule is COc1ccc(C[C@H](NC(=O)[C@H](C)NC(=O)C[NH+]2CCOCC2)C(=O)N[C@@H](CC2CCC(C3CCCCC3)CC2)[C@@H](O)C(C)(C)O)cc1. The molecule has 6 N–H and O–H groups in total. The van der Waals surface area contributed by atoms with Gasteiger partial charge in [-0.25, -0.2) is 0 Å². The number of hydrogen-bond donors (Lipinski definition) is 6. The fourth-order valence-corrected chi connectivity index (χ4v) is 7.83. The summed E-state index contributed by atoms with van der Waals surface area (Å²) in [4.78, 5) is 41.2. The van der Waals surface area contributed by atoms with Gasteiger partial charge in [-0.2, -0.15) is 0 Å². The van der Waals surface area contributed by atoms with Crippen LogP contribution in [0.5, 0.6) is 5.75 Å². The Hall–Kier alpha value is -2.73. The van der Waals surface area contributed by atoms with E-state index in [0.29, 0.717) is 31.3 Å². The molecule has 2 saturated carbocycles. The van der Waals surface area contributed by atoms with E-state index in [0.717, 1.165) is 48.2 Å². The minimum atomic E-state index is -1.44. The van der Waals surface area contributed by atoms with E-state index in [4.69, 9.17) is 9.47 Å². The number of carbonyl (C=O) groups is 3. The normalized spacial score (nSPS) is 23.7. The fourth-order valence-electron chi connectivity index (χ4n) is 7.83. The van der Waals surface area contributed by atoms with Crippen molar-refractivity contribution < 1.29 is 39.0 Å². The van der Waals surface area contributed by atoms with E-state index in [1.54, 1.807) is 40.0 Å². The highest BCUT2D eigenvalue weighted by molar-refractivity contribution is 5.92. The molecular formula is C37H61N4O7+. The molecule has 0 spiro atoms. The predicted octanol–water partition coefficient (Wildman–Crippen LogP) is 1.54. The maximum absolute atomic E-state index is 14.0. The minimum Gasteiger partial charge on any atom is -0.497 e. The lowest BCUT2D eigenvalue weighted by Gasteiger charge is -2.39. The third-order valence-electron chi connectivity index (χ3n) is 10.8. The molecule has 270 valence electrons. The first kappa shape index (κ1) is 38.1. The molecule has 2 aliphatic carbocycles. The average Bonchev–Trinajstić information content (AvgIpc) is 3.08. The summed E-state index contributed by atoms with van der Waals surface area (Å²) in [5.41, 5.74) is -0.628. The van der Waals surface area contributed by atoms with E-state index in [-0.39, 0.29) is 18.9 Å². The first-order chi connectivity index (χ1) is 22.9. The average molecular weight is 674 g/mol. The number of methoxy groups -OCH3 is 1. The van der Waals surface area contributed by atoms with Crippen molar-refractivity contribution in [2.45, 2.75) is 121 Å². The largest absolute Gasteiger partial charge is 0.497 e. The summed E-state index contributed by atoms with van der Waals surface area (Å²) in [5.74, 6) is 1.43. The molecular weight excluding hydrogens is 612 g/mol. The Kier molecular flexibility index (Phi) is 14.5. The Morgan fingerprint density at radius 3 is 2.15 bits per heavy atom. The first-order valence-electron chi connectivity index (χ1n) is 18.3. The molecule has 4 rings (SSSR count). The molecule has 11 heteroatoms. The highest BCUT2D eigenvalue weighted by Crippen LogP contribution is 2.41. The number of ether oxygens (including phenoxy) is 2. The number of aliphatic hydroxyl groups is 2. The zero-order valence-electron chi connectivity index (χ0n) is 29.6.